The number of hydrogen-bond donors (Lipinski definition) is 2. The van der Waals surface area contributed by atoms with Gasteiger partial charge in [-0.2, -0.15) is 0 Å². The highest BCUT2D eigenvalue weighted by atomic mass is 16.1. The molecule has 1 aromatic rings. The zero-order chi connectivity index (χ0) is 13.7. The van der Waals surface area contributed by atoms with E-state index in [4.69, 9.17) is 0 Å². The van der Waals surface area contributed by atoms with Crippen molar-refractivity contribution < 1.29 is 4.79 Å². The highest BCUT2D eigenvalue weighted by Crippen LogP contribution is 2.28. The summed E-state index contributed by atoms with van der Waals surface area (Å²) in [5.41, 5.74) is 1.81. The summed E-state index contributed by atoms with van der Waals surface area (Å²) in [4.78, 5) is 11.4. The van der Waals surface area contributed by atoms with Gasteiger partial charge in [-0.3, -0.25) is 4.79 Å². The summed E-state index contributed by atoms with van der Waals surface area (Å²) in [6, 6.07) is 7.70. The quantitative estimate of drug-likeness (QED) is 0.872. The molecule has 2 atom stereocenters. The molecular weight excluding hydrogens is 236 g/mol. The van der Waals surface area contributed by atoms with Crippen LogP contribution in [0, 0.1) is 11.8 Å². The van der Waals surface area contributed by atoms with Crippen molar-refractivity contribution in [1.29, 1.82) is 0 Å². The van der Waals surface area contributed by atoms with Crippen molar-refractivity contribution in [2.24, 2.45) is 11.8 Å². The Morgan fingerprint density at radius 1 is 1.26 bits per heavy atom. The van der Waals surface area contributed by atoms with Crippen LogP contribution in [0.2, 0.25) is 0 Å². The fraction of sp³-hybridized carbons (Fsp3) is 0.562. The molecule has 0 saturated heterocycles. The molecule has 0 aliphatic heterocycles. The Kier molecular flexibility index (Phi) is 4.83. The van der Waals surface area contributed by atoms with Crippen molar-refractivity contribution in [1.82, 2.24) is 5.32 Å². The smallest absolute Gasteiger partial charge is 0.251 e. The van der Waals surface area contributed by atoms with Gasteiger partial charge in [0.1, 0.15) is 0 Å². The Hall–Kier alpha value is -1.51. The summed E-state index contributed by atoms with van der Waals surface area (Å²) < 4.78 is 0. The summed E-state index contributed by atoms with van der Waals surface area (Å²) in [5, 5.41) is 6.12. The highest BCUT2D eigenvalue weighted by Gasteiger charge is 2.18. The van der Waals surface area contributed by atoms with Gasteiger partial charge >= 0.3 is 0 Å². The first-order chi connectivity index (χ1) is 9.19. The molecule has 1 fully saturated rings. The fourth-order valence-electron chi connectivity index (χ4n) is 2.89. The largest absolute Gasteiger partial charge is 0.385 e. The first kappa shape index (κ1) is 13.9. The lowest BCUT2D eigenvalue weighted by Gasteiger charge is -2.27. The van der Waals surface area contributed by atoms with E-state index in [1.165, 1.54) is 25.7 Å². The third kappa shape index (κ3) is 3.98. The summed E-state index contributed by atoms with van der Waals surface area (Å²) in [6.45, 7) is 3.40. The van der Waals surface area contributed by atoms with Crippen LogP contribution in [0.4, 0.5) is 5.69 Å². The Labute approximate surface area is 115 Å². The first-order valence-electron chi connectivity index (χ1n) is 7.25. The maximum atomic E-state index is 11.4. The Balaban J connectivity index is 1.84. The average Bonchev–Trinajstić information content (AvgIpc) is 2.45. The Bertz CT molecular complexity index is 413. The molecule has 2 rings (SSSR count). The van der Waals surface area contributed by atoms with E-state index < -0.39 is 0 Å². The van der Waals surface area contributed by atoms with Crippen LogP contribution in [-0.2, 0) is 0 Å². The van der Waals surface area contributed by atoms with E-state index in [1.807, 2.05) is 24.3 Å². The number of carbonyl (C=O) groups is 1. The first-order valence-corrected chi connectivity index (χ1v) is 7.25. The van der Waals surface area contributed by atoms with Crippen LogP contribution >= 0.6 is 0 Å². The fourth-order valence-corrected chi connectivity index (χ4v) is 2.89. The number of carbonyl (C=O) groups excluding carboxylic acids is 1. The molecule has 1 aromatic carbocycles. The summed E-state index contributed by atoms with van der Waals surface area (Å²) in [6.07, 6.45) is 5.43. The van der Waals surface area contributed by atoms with Crippen molar-refractivity contribution in [3.05, 3.63) is 29.8 Å². The van der Waals surface area contributed by atoms with E-state index in [-0.39, 0.29) is 5.91 Å². The second-order valence-corrected chi connectivity index (χ2v) is 5.68. The van der Waals surface area contributed by atoms with Crippen molar-refractivity contribution in [3.63, 3.8) is 0 Å². The molecule has 0 radical (unpaired) electrons. The second kappa shape index (κ2) is 6.60. The van der Waals surface area contributed by atoms with Crippen molar-refractivity contribution in [2.45, 2.75) is 32.6 Å². The van der Waals surface area contributed by atoms with E-state index in [9.17, 15) is 4.79 Å². The van der Waals surface area contributed by atoms with Gasteiger partial charge in [-0.15, -0.1) is 0 Å². The van der Waals surface area contributed by atoms with Gasteiger partial charge in [-0.1, -0.05) is 19.8 Å². The summed E-state index contributed by atoms with van der Waals surface area (Å²) in [5.74, 6) is 1.63. The lowest BCUT2D eigenvalue weighted by molar-refractivity contribution is 0.0963. The number of amides is 1. The zero-order valence-corrected chi connectivity index (χ0v) is 11.9. The van der Waals surface area contributed by atoms with Crippen LogP contribution in [0.3, 0.4) is 0 Å². The van der Waals surface area contributed by atoms with Crippen LogP contribution in [-0.4, -0.2) is 19.5 Å². The Morgan fingerprint density at radius 3 is 2.63 bits per heavy atom. The summed E-state index contributed by atoms with van der Waals surface area (Å²) >= 11 is 0. The van der Waals surface area contributed by atoms with Crippen molar-refractivity contribution in [3.8, 4) is 0 Å². The molecule has 3 nitrogen and oxygen atoms in total. The van der Waals surface area contributed by atoms with E-state index in [2.05, 4.69) is 17.6 Å². The van der Waals surface area contributed by atoms with Gasteiger partial charge in [0.25, 0.3) is 5.91 Å². The van der Waals surface area contributed by atoms with Gasteiger partial charge < -0.3 is 10.6 Å². The predicted octanol–water partition coefficient (Wildman–Crippen LogP) is 3.28. The molecule has 2 unspecified atom stereocenters. The van der Waals surface area contributed by atoms with E-state index in [0.29, 0.717) is 5.56 Å². The molecule has 104 valence electrons. The molecule has 0 spiro atoms. The molecular formula is C16H24N2O. The molecule has 1 saturated carbocycles. The van der Waals surface area contributed by atoms with Gasteiger partial charge in [0.2, 0.25) is 0 Å². The molecule has 1 amide bonds. The monoisotopic (exact) mass is 260 g/mol. The van der Waals surface area contributed by atoms with Gasteiger partial charge in [0.15, 0.2) is 0 Å². The molecule has 3 heteroatoms. The zero-order valence-electron chi connectivity index (χ0n) is 11.9. The SMILES string of the molecule is CNC(=O)c1ccc(NCC2CCCC(C)C2)cc1. The van der Waals surface area contributed by atoms with Crippen LogP contribution in [0.1, 0.15) is 43.0 Å². The standard InChI is InChI=1S/C16H24N2O/c1-12-4-3-5-13(10-12)11-18-15-8-6-14(7-9-15)16(19)17-2/h6-9,12-13,18H,3-5,10-11H2,1-2H3,(H,17,19). The number of rotatable bonds is 4. The lowest BCUT2D eigenvalue weighted by atomic mass is 9.82. The number of benzene rings is 1. The molecule has 2 N–H and O–H groups in total. The van der Waals surface area contributed by atoms with E-state index in [1.54, 1.807) is 7.05 Å². The summed E-state index contributed by atoms with van der Waals surface area (Å²) in [7, 11) is 1.65. The molecule has 0 aromatic heterocycles. The lowest BCUT2D eigenvalue weighted by Crippen LogP contribution is -2.21. The average molecular weight is 260 g/mol. The highest BCUT2D eigenvalue weighted by molar-refractivity contribution is 5.94. The molecule has 19 heavy (non-hydrogen) atoms. The van der Waals surface area contributed by atoms with Gasteiger partial charge in [-0.05, 0) is 48.9 Å². The molecule has 0 bridgehead atoms. The van der Waals surface area contributed by atoms with Crippen LogP contribution in [0.15, 0.2) is 24.3 Å². The van der Waals surface area contributed by atoms with Crippen LogP contribution < -0.4 is 10.6 Å². The maximum Gasteiger partial charge on any atom is 0.251 e. The second-order valence-electron chi connectivity index (χ2n) is 5.68. The molecule has 1 aliphatic rings. The normalized spacial score (nSPS) is 22.8. The predicted molar refractivity (Wildman–Crippen MR) is 79.4 cm³/mol. The van der Waals surface area contributed by atoms with Gasteiger partial charge in [-0.25, -0.2) is 0 Å². The van der Waals surface area contributed by atoms with Gasteiger partial charge in [0, 0.05) is 24.8 Å². The minimum atomic E-state index is -0.0346. The van der Waals surface area contributed by atoms with E-state index >= 15 is 0 Å². The number of hydrogen-bond acceptors (Lipinski definition) is 2. The third-order valence-electron chi connectivity index (χ3n) is 4.01. The van der Waals surface area contributed by atoms with Crippen molar-refractivity contribution in [2.75, 3.05) is 18.9 Å². The van der Waals surface area contributed by atoms with Crippen molar-refractivity contribution >= 4 is 11.6 Å². The minimum Gasteiger partial charge on any atom is -0.385 e. The van der Waals surface area contributed by atoms with Crippen LogP contribution in [0.5, 0.6) is 0 Å². The van der Waals surface area contributed by atoms with Gasteiger partial charge in [0.05, 0.1) is 0 Å². The molecule has 0 heterocycles. The number of anilines is 1. The number of nitrogens with one attached hydrogen (secondary N) is 2. The Morgan fingerprint density at radius 2 is 2.00 bits per heavy atom. The maximum absolute atomic E-state index is 11.4. The van der Waals surface area contributed by atoms with Crippen LogP contribution in [0.25, 0.3) is 0 Å². The minimum absolute atomic E-state index is 0.0346. The van der Waals surface area contributed by atoms with E-state index in [0.717, 1.165) is 24.1 Å². The molecule has 1 aliphatic carbocycles. The topological polar surface area (TPSA) is 41.1 Å². The third-order valence-corrected chi connectivity index (χ3v) is 4.01.